The SMILES string of the molecule is COC(=O)C(C)S(=O)(=O)N1CCC(=O)C(C)C1. The molecule has 1 aliphatic heterocycles. The molecule has 1 aliphatic rings. The van der Waals surface area contributed by atoms with Gasteiger partial charge in [0.15, 0.2) is 5.25 Å². The normalized spacial score (nSPS) is 24.4. The number of carbonyl (C=O) groups excluding carboxylic acids is 2. The lowest BCUT2D eigenvalue weighted by Crippen LogP contribution is -2.48. The van der Waals surface area contributed by atoms with E-state index in [1.54, 1.807) is 6.92 Å². The fraction of sp³-hybridized carbons (Fsp3) is 0.800. The van der Waals surface area contributed by atoms with Crippen LogP contribution in [0.25, 0.3) is 0 Å². The van der Waals surface area contributed by atoms with Crippen LogP contribution in [-0.2, 0) is 24.3 Å². The van der Waals surface area contributed by atoms with Gasteiger partial charge in [-0.2, -0.15) is 0 Å². The van der Waals surface area contributed by atoms with E-state index < -0.39 is 21.2 Å². The molecule has 98 valence electrons. The number of esters is 1. The summed E-state index contributed by atoms with van der Waals surface area (Å²) in [6.45, 7) is 3.27. The van der Waals surface area contributed by atoms with Gasteiger partial charge in [0.05, 0.1) is 7.11 Å². The zero-order chi connectivity index (χ0) is 13.2. The highest BCUT2D eigenvalue weighted by Crippen LogP contribution is 2.19. The Kier molecular flexibility index (Phi) is 4.26. The van der Waals surface area contributed by atoms with Crippen LogP contribution in [0.5, 0.6) is 0 Å². The number of Topliss-reactive ketones (excluding diaryl/α,β-unsaturated/α-hetero) is 1. The van der Waals surface area contributed by atoms with E-state index in [4.69, 9.17) is 0 Å². The minimum atomic E-state index is -3.72. The van der Waals surface area contributed by atoms with Crippen molar-refractivity contribution in [2.75, 3.05) is 20.2 Å². The maximum absolute atomic E-state index is 12.1. The number of ketones is 1. The van der Waals surface area contributed by atoms with Gasteiger partial charge in [0.25, 0.3) is 0 Å². The zero-order valence-electron chi connectivity index (χ0n) is 10.2. The number of piperidine rings is 1. The molecule has 0 aromatic heterocycles. The molecule has 0 radical (unpaired) electrons. The Labute approximate surface area is 101 Å². The van der Waals surface area contributed by atoms with Crippen molar-refractivity contribution in [3.63, 3.8) is 0 Å². The Bertz CT molecular complexity index is 416. The van der Waals surface area contributed by atoms with Gasteiger partial charge < -0.3 is 4.74 Å². The Morgan fingerprint density at radius 2 is 2.12 bits per heavy atom. The Morgan fingerprint density at radius 3 is 2.59 bits per heavy atom. The van der Waals surface area contributed by atoms with Crippen molar-refractivity contribution in [1.82, 2.24) is 4.31 Å². The molecule has 2 atom stereocenters. The van der Waals surface area contributed by atoms with E-state index in [0.717, 1.165) is 7.11 Å². The molecule has 2 unspecified atom stereocenters. The molecular weight excluding hydrogens is 246 g/mol. The maximum Gasteiger partial charge on any atom is 0.325 e. The molecule has 0 amide bonds. The topological polar surface area (TPSA) is 80.8 Å². The molecule has 7 heteroatoms. The van der Waals surface area contributed by atoms with Crippen molar-refractivity contribution in [2.45, 2.75) is 25.5 Å². The number of rotatable bonds is 3. The van der Waals surface area contributed by atoms with Crippen molar-refractivity contribution in [3.8, 4) is 0 Å². The predicted octanol–water partition coefficient (Wildman–Crippen LogP) is -0.211. The third-order valence-electron chi connectivity index (χ3n) is 2.97. The van der Waals surface area contributed by atoms with E-state index in [1.165, 1.54) is 11.2 Å². The summed E-state index contributed by atoms with van der Waals surface area (Å²) < 4.78 is 29.7. The van der Waals surface area contributed by atoms with Gasteiger partial charge in [0, 0.05) is 25.4 Å². The van der Waals surface area contributed by atoms with E-state index in [2.05, 4.69) is 4.74 Å². The number of sulfonamides is 1. The van der Waals surface area contributed by atoms with Gasteiger partial charge in [-0.05, 0) is 6.92 Å². The second-order valence-electron chi connectivity index (χ2n) is 4.19. The highest BCUT2D eigenvalue weighted by molar-refractivity contribution is 7.90. The third kappa shape index (κ3) is 2.84. The molecule has 1 heterocycles. The summed E-state index contributed by atoms with van der Waals surface area (Å²) in [6, 6.07) is 0. The van der Waals surface area contributed by atoms with Gasteiger partial charge in [-0.3, -0.25) is 9.59 Å². The summed E-state index contributed by atoms with van der Waals surface area (Å²) in [5, 5.41) is -1.23. The fourth-order valence-corrected chi connectivity index (χ4v) is 3.29. The number of methoxy groups -OCH3 is 1. The summed E-state index contributed by atoms with van der Waals surface area (Å²) in [7, 11) is -2.57. The van der Waals surface area contributed by atoms with Crippen molar-refractivity contribution in [3.05, 3.63) is 0 Å². The predicted molar refractivity (Wildman–Crippen MR) is 60.8 cm³/mol. The smallest absolute Gasteiger partial charge is 0.325 e. The van der Waals surface area contributed by atoms with E-state index in [-0.39, 0.29) is 31.2 Å². The average Bonchev–Trinajstić information content (AvgIpc) is 2.30. The van der Waals surface area contributed by atoms with Crippen molar-refractivity contribution in [1.29, 1.82) is 0 Å². The third-order valence-corrected chi connectivity index (χ3v) is 5.11. The lowest BCUT2D eigenvalue weighted by molar-refractivity contribution is -0.139. The van der Waals surface area contributed by atoms with E-state index in [0.29, 0.717) is 0 Å². The van der Waals surface area contributed by atoms with E-state index in [1.807, 2.05) is 0 Å². The maximum atomic E-state index is 12.1. The van der Waals surface area contributed by atoms with E-state index in [9.17, 15) is 18.0 Å². The first kappa shape index (κ1) is 14.1. The zero-order valence-corrected chi connectivity index (χ0v) is 11.0. The summed E-state index contributed by atoms with van der Waals surface area (Å²) in [4.78, 5) is 22.6. The van der Waals surface area contributed by atoms with Crippen LogP contribution in [0.15, 0.2) is 0 Å². The summed E-state index contributed by atoms with van der Waals surface area (Å²) in [6.07, 6.45) is 0.203. The molecular formula is C10H17NO5S. The van der Waals surface area contributed by atoms with Gasteiger partial charge in [-0.15, -0.1) is 0 Å². The largest absolute Gasteiger partial charge is 0.468 e. The minimum absolute atomic E-state index is 0.0576. The van der Waals surface area contributed by atoms with Crippen molar-refractivity contribution >= 4 is 21.8 Å². The number of ether oxygens (including phenoxy) is 1. The highest BCUT2D eigenvalue weighted by atomic mass is 32.2. The van der Waals surface area contributed by atoms with Crippen LogP contribution >= 0.6 is 0 Å². The number of hydrogen-bond donors (Lipinski definition) is 0. The van der Waals surface area contributed by atoms with E-state index >= 15 is 0 Å². The lowest BCUT2D eigenvalue weighted by atomic mass is 10.0. The molecule has 1 saturated heterocycles. The van der Waals surface area contributed by atoms with Crippen LogP contribution in [0.1, 0.15) is 20.3 Å². The Morgan fingerprint density at radius 1 is 1.53 bits per heavy atom. The standard InChI is InChI=1S/C10H17NO5S/c1-7-6-11(5-4-9(7)12)17(14,15)8(2)10(13)16-3/h7-8H,4-6H2,1-3H3. The molecule has 17 heavy (non-hydrogen) atoms. The molecule has 0 saturated carbocycles. The molecule has 1 fully saturated rings. The minimum Gasteiger partial charge on any atom is -0.468 e. The van der Waals surface area contributed by atoms with Gasteiger partial charge >= 0.3 is 5.97 Å². The number of hydrogen-bond acceptors (Lipinski definition) is 5. The molecule has 0 bridgehead atoms. The first-order valence-corrected chi connectivity index (χ1v) is 6.90. The quantitative estimate of drug-likeness (QED) is 0.658. The van der Waals surface area contributed by atoms with Crippen molar-refractivity contribution < 1.29 is 22.7 Å². The average molecular weight is 263 g/mol. The highest BCUT2D eigenvalue weighted by Gasteiger charge is 2.38. The van der Waals surface area contributed by atoms with Crippen LogP contribution < -0.4 is 0 Å². The number of nitrogens with zero attached hydrogens (tertiary/aromatic N) is 1. The van der Waals surface area contributed by atoms with Crippen LogP contribution in [-0.4, -0.2) is 49.9 Å². The molecule has 0 aromatic carbocycles. The van der Waals surface area contributed by atoms with Crippen LogP contribution in [0.3, 0.4) is 0 Å². The molecule has 0 spiro atoms. The number of carbonyl (C=O) groups is 2. The summed E-state index contributed by atoms with van der Waals surface area (Å²) >= 11 is 0. The van der Waals surface area contributed by atoms with Gasteiger partial charge in [-0.1, -0.05) is 6.92 Å². The van der Waals surface area contributed by atoms with Gasteiger partial charge in [-0.25, -0.2) is 12.7 Å². The van der Waals surface area contributed by atoms with Crippen LogP contribution in [0.4, 0.5) is 0 Å². The monoisotopic (exact) mass is 263 g/mol. The van der Waals surface area contributed by atoms with Gasteiger partial charge in [0.2, 0.25) is 10.0 Å². The molecule has 0 aliphatic carbocycles. The Balaban J connectivity index is 2.85. The first-order valence-electron chi connectivity index (χ1n) is 5.40. The fourth-order valence-electron chi connectivity index (χ4n) is 1.72. The summed E-state index contributed by atoms with van der Waals surface area (Å²) in [5.74, 6) is -1.04. The van der Waals surface area contributed by atoms with Crippen molar-refractivity contribution in [2.24, 2.45) is 5.92 Å². The first-order chi connectivity index (χ1) is 7.80. The lowest BCUT2D eigenvalue weighted by Gasteiger charge is -2.30. The molecule has 0 N–H and O–H groups in total. The molecule has 1 rings (SSSR count). The second kappa shape index (κ2) is 5.14. The van der Waals surface area contributed by atoms with Crippen LogP contribution in [0.2, 0.25) is 0 Å². The van der Waals surface area contributed by atoms with Crippen LogP contribution in [0, 0.1) is 5.92 Å². The second-order valence-corrected chi connectivity index (χ2v) is 6.44. The molecule has 6 nitrogen and oxygen atoms in total. The summed E-state index contributed by atoms with van der Waals surface area (Å²) in [5.41, 5.74) is 0. The van der Waals surface area contributed by atoms with Gasteiger partial charge in [0.1, 0.15) is 5.78 Å². The molecule has 0 aromatic rings. The Hall–Kier alpha value is -0.950.